The van der Waals surface area contributed by atoms with Crippen LogP contribution in [0.3, 0.4) is 0 Å². The van der Waals surface area contributed by atoms with Crippen molar-refractivity contribution in [2.75, 3.05) is 0 Å². The molecule has 0 atom stereocenters. The maximum Gasteiger partial charge on any atom is 0.131 e. The number of hydrogen-bond donors (Lipinski definition) is 0. The third kappa shape index (κ3) is 5.19. The Kier molecular flexibility index (Phi) is 6.23. The lowest BCUT2D eigenvalue weighted by Crippen LogP contribution is -1.86. The van der Waals surface area contributed by atoms with Gasteiger partial charge >= 0.3 is 0 Å². The summed E-state index contributed by atoms with van der Waals surface area (Å²) in [7, 11) is 0. The zero-order valence-electron chi connectivity index (χ0n) is 15.8. The molecule has 0 fully saturated rings. The van der Waals surface area contributed by atoms with Crippen LogP contribution in [0.15, 0.2) is 78.9 Å². The maximum atomic E-state index is 14.1. The summed E-state index contributed by atoms with van der Waals surface area (Å²) in [5.74, 6) is 6.18. The molecule has 0 bridgehead atoms. The van der Waals surface area contributed by atoms with Crippen LogP contribution in [0.1, 0.15) is 35.6 Å². The van der Waals surface area contributed by atoms with E-state index in [0.29, 0.717) is 5.56 Å². The van der Waals surface area contributed by atoms with Crippen molar-refractivity contribution < 1.29 is 4.39 Å². The quantitative estimate of drug-likeness (QED) is 0.361. The van der Waals surface area contributed by atoms with E-state index in [-0.39, 0.29) is 5.82 Å². The van der Waals surface area contributed by atoms with Gasteiger partial charge in [0.25, 0.3) is 0 Å². The van der Waals surface area contributed by atoms with Crippen LogP contribution in [-0.4, -0.2) is 0 Å². The highest BCUT2D eigenvalue weighted by atomic mass is 19.1. The second-order valence-corrected chi connectivity index (χ2v) is 6.62. The van der Waals surface area contributed by atoms with Gasteiger partial charge in [-0.25, -0.2) is 4.39 Å². The third-order valence-corrected chi connectivity index (χ3v) is 4.46. The van der Waals surface area contributed by atoms with Crippen LogP contribution in [0.4, 0.5) is 4.39 Å². The van der Waals surface area contributed by atoms with Crippen molar-refractivity contribution in [1.29, 1.82) is 0 Å². The van der Waals surface area contributed by atoms with Gasteiger partial charge in [-0.3, -0.25) is 0 Å². The third-order valence-electron chi connectivity index (χ3n) is 4.46. The largest absolute Gasteiger partial charge is 0.206 e. The van der Waals surface area contributed by atoms with E-state index in [9.17, 15) is 4.39 Å². The fourth-order valence-corrected chi connectivity index (χ4v) is 2.90. The van der Waals surface area contributed by atoms with Crippen molar-refractivity contribution in [3.8, 4) is 23.0 Å². The molecule has 1 heteroatoms. The van der Waals surface area contributed by atoms with Crippen molar-refractivity contribution in [1.82, 2.24) is 0 Å². The molecule has 0 saturated heterocycles. The summed E-state index contributed by atoms with van der Waals surface area (Å²) in [6, 6.07) is 21.4. The molecule has 0 amide bonds. The Hall–Kier alpha value is -3.11. The molecule has 0 heterocycles. The highest BCUT2D eigenvalue weighted by Gasteiger charge is 2.04. The van der Waals surface area contributed by atoms with Crippen LogP contribution in [0.2, 0.25) is 0 Å². The second kappa shape index (κ2) is 9.01. The minimum atomic E-state index is -0.191. The summed E-state index contributed by atoms with van der Waals surface area (Å²) in [5.41, 5.74) is 5.65. The van der Waals surface area contributed by atoms with Crippen molar-refractivity contribution in [3.63, 3.8) is 0 Å². The van der Waals surface area contributed by atoms with Crippen molar-refractivity contribution in [3.05, 3.63) is 107 Å². The number of aryl methyl sites for hydroxylation is 2. The van der Waals surface area contributed by atoms with E-state index in [0.717, 1.165) is 35.1 Å². The predicted octanol–water partition coefficient (Wildman–Crippen LogP) is 6.71. The van der Waals surface area contributed by atoms with Gasteiger partial charge in [-0.15, -0.1) is 0 Å². The molecule has 0 saturated carbocycles. The first kappa shape index (κ1) is 18.7. The Morgan fingerprint density at radius 1 is 0.852 bits per heavy atom. The summed E-state index contributed by atoms with van der Waals surface area (Å²) in [5, 5.41) is 0. The van der Waals surface area contributed by atoms with Gasteiger partial charge in [-0.2, -0.15) is 0 Å². The standard InChI is InChI=1S/C26H23F/c1-3-4-5-6-21-8-10-22(11-9-21)12-13-23-14-16-24(17-15-23)25-18-7-20(2)19-26(25)27/h3-4,7-11,14-19H,5-6H2,1-2H3/b4-3+. The lowest BCUT2D eigenvalue weighted by atomic mass is 10.0. The van der Waals surface area contributed by atoms with Gasteiger partial charge in [0.05, 0.1) is 0 Å². The van der Waals surface area contributed by atoms with E-state index in [1.54, 1.807) is 6.07 Å². The van der Waals surface area contributed by atoms with Gasteiger partial charge in [0.1, 0.15) is 5.82 Å². The minimum Gasteiger partial charge on any atom is -0.206 e. The van der Waals surface area contributed by atoms with Crippen molar-refractivity contribution in [2.24, 2.45) is 0 Å². The van der Waals surface area contributed by atoms with Crippen LogP contribution in [0, 0.1) is 24.6 Å². The second-order valence-electron chi connectivity index (χ2n) is 6.62. The molecule has 0 aliphatic rings. The van der Waals surface area contributed by atoms with E-state index in [1.165, 1.54) is 5.56 Å². The van der Waals surface area contributed by atoms with E-state index >= 15 is 0 Å². The molecular formula is C26H23F. The summed E-state index contributed by atoms with van der Waals surface area (Å²) in [6.07, 6.45) is 6.38. The molecule has 134 valence electrons. The number of rotatable bonds is 4. The Balaban J connectivity index is 1.70. The monoisotopic (exact) mass is 354 g/mol. The number of allylic oxidation sites excluding steroid dienone is 2. The fourth-order valence-electron chi connectivity index (χ4n) is 2.90. The lowest BCUT2D eigenvalue weighted by molar-refractivity contribution is 0.630. The van der Waals surface area contributed by atoms with Crippen LogP contribution < -0.4 is 0 Å². The Morgan fingerprint density at radius 2 is 1.48 bits per heavy atom. The van der Waals surface area contributed by atoms with Gasteiger partial charge in [-0.1, -0.05) is 60.4 Å². The van der Waals surface area contributed by atoms with Crippen molar-refractivity contribution in [2.45, 2.75) is 26.7 Å². The van der Waals surface area contributed by atoms with Crippen LogP contribution >= 0.6 is 0 Å². The van der Waals surface area contributed by atoms with Gasteiger partial charge in [0.15, 0.2) is 0 Å². The first-order chi connectivity index (χ1) is 13.2. The highest BCUT2D eigenvalue weighted by molar-refractivity contribution is 5.65. The zero-order valence-corrected chi connectivity index (χ0v) is 15.8. The first-order valence-corrected chi connectivity index (χ1v) is 9.24. The van der Waals surface area contributed by atoms with Gasteiger partial charge in [0.2, 0.25) is 0 Å². The van der Waals surface area contributed by atoms with Gasteiger partial charge < -0.3 is 0 Å². The molecule has 0 radical (unpaired) electrons. The van der Waals surface area contributed by atoms with E-state index in [2.05, 4.69) is 48.3 Å². The molecule has 0 N–H and O–H groups in total. The molecule has 3 aromatic rings. The normalized spacial score (nSPS) is 10.6. The van der Waals surface area contributed by atoms with E-state index < -0.39 is 0 Å². The van der Waals surface area contributed by atoms with Crippen LogP contribution in [-0.2, 0) is 6.42 Å². The number of halogens is 1. The van der Waals surface area contributed by atoms with E-state index in [4.69, 9.17) is 0 Å². The molecule has 27 heavy (non-hydrogen) atoms. The van der Waals surface area contributed by atoms with E-state index in [1.807, 2.05) is 50.2 Å². The molecule has 0 aromatic heterocycles. The fraction of sp³-hybridized carbons (Fsp3) is 0.154. The summed E-state index contributed by atoms with van der Waals surface area (Å²) >= 11 is 0. The average Bonchev–Trinajstić information content (AvgIpc) is 2.68. The number of benzene rings is 3. The lowest BCUT2D eigenvalue weighted by Gasteiger charge is -2.04. The van der Waals surface area contributed by atoms with Crippen molar-refractivity contribution >= 4 is 0 Å². The SMILES string of the molecule is C/C=C/CCc1ccc(C#Cc2ccc(-c3ccc(C)cc3F)cc2)cc1. The van der Waals surface area contributed by atoms with Crippen LogP contribution in [0.5, 0.6) is 0 Å². The van der Waals surface area contributed by atoms with Gasteiger partial charge in [-0.05, 0) is 73.7 Å². The van der Waals surface area contributed by atoms with Crippen LogP contribution in [0.25, 0.3) is 11.1 Å². The Morgan fingerprint density at radius 3 is 2.07 bits per heavy atom. The smallest absolute Gasteiger partial charge is 0.131 e. The molecule has 3 aromatic carbocycles. The maximum absolute atomic E-state index is 14.1. The predicted molar refractivity (Wildman–Crippen MR) is 112 cm³/mol. The Bertz CT molecular complexity index is 981. The molecule has 0 aliphatic carbocycles. The Labute approximate surface area is 161 Å². The molecule has 3 rings (SSSR count). The van der Waals surface area contributed by atoms with Gasteiger partial charge in [0, 0.05) is 16.7 Å². The average molecular weight is 354 g/mol. The molecule has 0 spiro atoms. The topological polar surface area (TPSA) is 0 Å². The molecule has 0 aliphatic heterocycles. The summed E-state index contributed by atoms with van der Waals surface area (Å²) in [4.78, 5) is 0. The molecular weight excluding hydrogens is 331 g/mol. The summed E-state index contributed by atoms with van der Waals surface area (Å²) < 4.78 is 14.1. The molecule has 0 nitrogen and oxygen atoms in total. The molecule has 0 unspecified atom stereocenters. The minimum absolute atomic E-state index is 0.191. The highest BCUT2D eigenvalue weighted by Crippen LogP contribution is 2.23. The number of hydrogen-bond acceptors (Lipinski definition) is 0. The summed E-state index contributed by atoms with van der Waals surface area (Å²) in [6.45, 7) is 3.93. The zero-order chi connectivity index (χ0) is 19.1. The first-order valence-electron chi connectivity index (χ1n) is 9.24.